The fourth-order valence-corrected chi connectivity index (χ4v) is 3.39. The summed E-state index contributed by atoms with van der Waals surface area (Å²) in [5, 5.41) is 0. The smallest absolute Gasteiger partial charge is 0.385 e. The summed E-state index contributed by atoms with van der Waals surface area (Å²) in [6.45, 7) is -7.38. The number of hydrogen-bond acceptors (Lipinski definition) is 5. The van der Waals surface area contributed by atoms with Crippen LogP contribution in [0.2, 0.25) is 0 Å². The first-order chi connectivity index (χ1) is 25.4. The predicted molar refractivity (Wildman–Crippen MR) is 117 cm³/mol. The van der Waals surface area contributed by atoms with E-state index in [1.807, 2.05) is 0 Å². The minimum absolute atomic E-state index is 0.249. The first-order valence-electron chi connectivity index (χ1n) is 13.3. The average molecular weight is 955 g/mol. The highest BCUT2D eigenvalue weighted by Gasteiger charge is 2.95. The van der Waals surface area contributed by atoms with Gasteiger partial charge in [-0.2, -0.15) is 133 Å². The van der Waals surface area contributed by atoms with Gasteiger partial charge >= 0.3 is 108 Å². The van der Waals surface area contributed by atoms with Crippen molar-refractivity contribution < 1.29 is 150 Å². The standard InChI is InChI=1S/C22H9F32N3O2/c1-4-55-7(58-2-9(27,28)13(35,36)17(43,44)21(51,52)19(47,48)15(39,40)11(31,32)5(23)24)57-8(56-4)59-3-10(29,30)14(37,38)18(45,46)22(53,54)20(49,50)16(41,42)12(33,34)6(25)26/h5-6H,2-3H2,1H3. The van der Waals surface area contributed by atoms with Gasteiger partial charge in [-0.1, -0.05) is 0 Å². The lowest BCUT2D eigenvalue weighted by Gasteiger charge is -2.42. The molecule has 0 amide bonds. The summed E-state index contributed by atoms with van der Waals surface area (Å²) in [5.41, 5.74) is 0. The fourth-order valence-electron chi connectivity index (χ4n) is 3.39. The van der Waals surface area contributed by atoms with Gasteiger partial charge in [0.2, 0.25) is 0 Å². The molecular weight excluding hydrogens is 946 g/mol. The monoisotopic (exact) mass is 955 g/mol. The van der Waals surface area contributed by atoms with Gasteiger partial charge in [-0.25, -0.2) is 17.6 Å². The molecule has 0 radical (unpaired) electrons. The van der Waals surface area contributed by atoms with Crippen LogP contribution in [-0.4, -0.2) is 124 Å². The molecule has 0 spiro atoms. The van der Waals surface area contributed by atoms with Crippen molar-refractivity contribution in [3.63, 3.8) is 0 Å². The van der Waals surface area contributed by atoms with E-state index in [0.29, 0.717) is 0 Å². The van der Waals surface area contributed by atoms with Gasteiger partial charge in [0.25, 0.3) is 0 Å². The molecule has 0 aliphatic rings. The molecular formula is C22H9F32N3O2. The predicted octanol–water partition coefficient (Wildman–Crippen LogP) is 10.4. The van der Waals surface area contributed by atoms with Crippen molar-refractivity contribution in [2.75, 3.05) is 13.2 Å². The molecule has 0 aliphatic carbocycles. The Labute approximate surface area is 300 Å². The molecule has 0 atom stereocenters. The Kier molecular flexibility index (Phi) is 13.4. The van der Waals surface area contributed by atoms with Crippen LogP contribution >= 0.6 is 0 Å². The Morgan fingerprint density at radius 2 is 0.542 bits per heavy atom. The number of alkyl halides is 32. The summed E-state index contributed by atoms with van der Waals surface area (Å²) in [5.74, 6) is -118. The maximum absolute atomic E-state index is 14.1. The van der Waals surface area contributed by atoms with Gasteiger partial charge in [0.15, 0.2) is 13.2 Å². The number of aromatic nitrogens is 3. The second-order valence-corrected chi connectivity index (χ2v) is 11.0. The molecule has 5 nitrogen and oxygen atoms in total. The summed E-state index contributed by atoms with van der Waals surface area (Å²) >= 11 is 0. The molecule has 348 valence electrons. The lowest BCUT2D eigenvalue weighted by Crippen LogP contribution is -2.74. The number of hydrogen-bond donors (Lipinski definition) is 0. The molecule has 37 heteroatoms. The molecule has 0 unspecified atom stereocenters. The van der Waals surface area contributed by atoms with Crippen LogP contribution in [0.4, 0.5) is 140 Å². The van der Waals surface area contributed by atoms with Crippen LogP contribution in [0.5, 0.6) is 12.0 Å². The van der Waals surface area contributed by atoms with Crippen molar-refractivity contribution in [2.45, 2.75) is 103 Å². The minimum atomic E-state index is -8.89. The molecule has 59 heavy (non-hydrogen) atoms. The van der Waals surface area contributed by atoms with Crippen LogP contribution in [0, 0.1) is 6.92 Å². The molecule has 1 aromatic rings. The summed E-state index contributed by atoms with van der Waals surface area (Å²) in [6.07, 6.45) is -12.3. The third-order valence-corrected chi connectivity index (χ3v) is 6.93. The summed E-state index contributed by atoms with van der Waals surface area (Å²) in [6, 6.07) is -4.78. The number of halogens is 32. The normalized spacial score (nSPS) is 16.0. The lowest BCUT2D eigenvalue weighted by atomic mass is 9.89. The number of ether oxygens (including phenoxy) is 2. The number of nitrogens with zero attached hydrogens (tertiary/aromatic N) is 3. The Morgan fingerprint density at radius 1 is 0.339 bits per heavy atom. The SMILES string of the molecule is Cc1nc(OCC(F)(F)C(F)(F)C(F)(F)C(F)(F)C(F)(F)C(F)(F)C(F)(F)C(F)F)nc(OCC(F)(F)C(F)(F)C(F)(F)C(F)(F)C(F)(F)C(F)(F)C(F)(F)C(F)F)n1. The minimum Gasteiger partial charge on any atom is -0.457 e. The Bertz CT molecular complexity index is 1530. The maximum atomic E-state index is 14.1. The molecule has 1 heterocycles. The van der Waals surface area contributed by atoms with Crippen molar-refractivity contribution in [3.8, 4) is 12.0 Å². The zero-order valence-electron chi connectivity index (χ0n) is 26.3. The summed E-state index contributed by atoms with van der Waals surface area (Å²) in [4.78, 5) is 7.33. The molecule has 0 saturated carbocycles. The van der Waals surface area contributed by atoms with Crippen molar-refractivity contribution >= 4 is 0 Å². The van der Waals surface area contributed by atoms with E-state index in [2.05, 4.69) is 24.4 Å². The fraction of sp³-hybridized carbons (Fsp3) is 0.864. The van der Waals surface area contributed by atoms with Crippen LogP contribution < -0.4 is 9.47 Å². The first kappa shape index (κ1) is 53.4. The van der Waals surface area contributed by atoms with Crippen LogP contribution in [0.15, 0.2) is 0 Å². The van der Waals surface area contributed by atoms with E-state index >= 15 is 0 Å². The number of aryl methyl sites for hydroxylation is 1. The van der Waals surface area contributed by atoms with Crippen LogP contribution in [0.3, 0.4) is 0 Å². The van der Waals surface area contributed by atoms with E-state index in [1.165, 1.54) is 0 Å². The van der Waals surface area contributed by atoms with E-state index in [4.69, 9.17) is 0 Å². The second-order valence-electron chi connectivity index (χ2n) is 11.0. The van der Waals surface area contributed by atoms with E-state index in [1.54, 1.807) is 0 Å². The van der Waals surface area contributed by atoms with Gasteiger partial charge in [0, 0.05) is 0 Å². The zero-order valence-corrected chi connectivity index (χ0v) is 26.3. The lowest BCUT2D eigenvalue weighted by molar-refractivity contribution is -0.447. The Morgan fingerprint density at radius 3 is 0.763 bits per heavy atom. The molecule has 1 rings (SSSR count). The molecule has 0 fully saturated rings. The van der Waals surface area contributed by atoms with Crippen LogP contribution in [-0.2, 0) is 0 Å². The van der Waals surface area contributed by atoms with Gasteiger partial charge in [0.05, 0.1) is 0 Å². The summed E-state index contributed by atoms with van der Waals surface area (Å²) < 4.78 is 437. The third kappa shape index (κ3) is 7.57. The van der Waals surface area contributed by atoms with Gasteiger partial charge in [-0.15, -0.1) is 4.98 Å². The van der Waals surface area contributed by atoms with E-state index in [9.17, 15) is 140 Å². The van der Waals surface area contributed by atoms with Crippen molar-refractivity contribution in [2.24, 2.45) is 0 Å². The molecule has 0 aliphatic heterocycles. The maximum Gasteiger partial charge on any atom is 0.385 e. The summed E-state index contributed by atoms with van der Waals surface area (Å²) in [7, 11) is 0. The average Bonchev–Trinajstić information content (AvgIpc) is 3.04. The van der Waals surface area contributed by atoms with Gasteiger partial charge in [-0.3, -0.25) is 0 Å². The van der Waals surface area contributed by atoms with Crippen molar-refractivity contribution in [1.29, 1.82) is 0 Å². The highest BCUT2D eigenvalue weighted by Crippen LogP contribution is 2.64. The van der Waals surface area contributed by atoms with Crippen molar-refractivity contribution in [3.05, 3.63) is 5.82 Å². The third-order valence-electron chi connectivity index (χ3n) is 6.93. The van der Waals surface area contributed by atoms with Crippen molar-refractivity contribution in [1.82, 2.24) is 15.0 Å². The molecule has 0 bridgehead atoms. The molecule has 0 N–H and O–H groups in total. The van der Waals surface area contributed by atoms with Crippen LogP contribution in [0.1, 0.15) is 5.82 Å². The highest BCUT2D eigenvalue weighted by molar-refractivity contribution is 5.17. The van der Waals surface area contributed by atoms with Gasteiger partial charge in [-0.05, 0) is 6.92 Å². The largest absolute Gasteiger partial charge is 0.457 e. The quantitative estimate of drug-likeness (QED) is 0.122. The van der Waals surface area contributed by atoms with E-state index in [-0.39, 0.29) is 6.92 Å². The van der Waals surface area contributed by atoms with E-state index in [0.717, 1.165) is 0 Å². The van der Waals surface area contributed by atoms with E-state index < -0.39 is 127 Å². The zero-order chi connectivity index (χ0) is 47.8. The molecule has 0 saturated heterocycles. The highest BCUT2D eigenvalue weighted by atomic mass is 19.4. The second kappa shape index (κ2) is 14.8. The number of rotatable bonds is 20. The Hall–Kier alpha value is -3.63. The molecule has 0 aromatic carbocycles. The topological polar surface area (TPSA) is 57.1 Å². The molecule has 1 aromatic heterocycles. The Balaban J connectivity index is 3.50. The first-order valence-corrected chi connectivity index (χ1v) is 13.3. The van der Waals surface area contributed by atoms with Gasteiger partial charge < -0.3 is 9.47 Å². The van der Waals surface area contributed by atoms with Crippen LogP contribution in [0.25, 0.3) is 0 Å². The van der Waals surface area contributed by atoms with Gasteiger partial charge in [0.1, 0.15) is 5.82 Å².